The molecule has 1 heterocycles. The summed E-state index contributed by atoms with van der Waals surface area (Å²) < 4.78 is 0. The third-order valence-electron chi connectivity index (χ3n) is 2.57. The lowest BCUT2D eigenvalue weighted by atomic mass is 10.1. The molecule has 8 nitrogen and oxygen atoms in total. The normalized spacial score (nSPS) is 10.2. The lowest BCUT2D eigenvalue weighted by Crippen LogP contribution is -2.29. The molecule has 0 atom stereocenters. The van der Waals surface area contributed by atoms with Gasteiger partial charge in [0.15, 0.2) is 0 Å². The maximum atomic E-state index is 11.5. The molecule has 0 saturated heterocycles. The Morgan fingerprint density at radius 1 is 1.04 bits per heavy atom. The van der Waals surface area contributed by atoms with E-state index in [1.54, 1.807) is 45.0 Å². The third-order valence-corrected chi connectivity index (χ3v) is 2.57. The maximum Gasteiger partial charge on any atom is 0.261 e. The number of aliphatic hydroxyl groups is 1. The number of imide groups is 1. The molecule has 2 amide bonds. The SMILES string of the molecule is CCC.CCC=O.CCN1C(=O)c2ccccc2C1=O.CCN=[N+]=[N-].CCO. The Morgan fingerprint density at radius 2 is 1.39 bits per heavy atom. The summed E-state index contributed by atoms with van der Waals surface area (Å²) in [4.78, 5) is 36.0. The fourth-order valence-electron chi connectivity index (χ4n) is 1.59. The predicted molar refractivity (Wildman–Crippen MR) is 112 cm³/mol. The lowest BCUT2D eigenvalue weighted by Gasteiger charge is -2.08. The number of carbonyl (C=O) groups is 3. The van der Waals surface area contributed by atoms with E-state index in [1.807, 2.05) is 6.92 Å². The molecule has 1 aliphatic heterocycles. The van der Waals surface area contributed by atoms with Gasteiger partial charge in [0.1, 0.15) is 6.29 Å². The molecular weight excluding hydrogens is 360 g/mol. The summed E-state index contributed by atoms with van der Waals surface area (Å²) in [5, 5.41) is 10.7. The molecule has 0 saturated carbocycles. The van der Waals surface area contributed by atoms with Crippen molar-refractivity contribution in [2.24, 2.45) is 5.11 Å². The van der Waals surface area contributed by atoms with Gasteiger partial charge >= 0.3 is 0 Å². The van der Waals surface area contributed by atoms with E-state index in [-0.39, 0.29) is 18.4 Å². The van der Waals surface area contributed by atoms with Gasteiger partial charge < -0.3 is 9.90 Å². The van der Waals surface area contributed by atoms with Gasteiger partial charge in [0.05, 0.1) is 11.1 Å². The smallest absolute Gasteiger partial charge is 0.261 e. The van der Waals surface area contributed by atoms with Crippen LogP contribution in [0.25, 0.3) is 10.4 Å². The van der Waals surface area contributed by atoms with Crippen LogP contribution in [0.3, 0.4) is 0 Å². The van der Waals surface area contributed by atoms with Crippen LogP contribution in [0.2, 0.25) is 0 Å². The van der Waals surface area contributed by atoms with Crippen LogP contribution in [0.5, 0.6) is 0 Å². The number of amides is 2. The first-order chi connectivity index (χ1) is 13.4. The van der Waals surface area contributed by atoms with Crippen molar-refractivity contribution < 1.29 is 19.5 Å². The molecule has 1 aliphatic rings. The fraction of sp³-hybridized carbons (Fsp3) is 0.550. The van der Waals surface area contributed by atoms with Crippen LogP contribution in [0, 0.1) is 0 Å². The molecule has 0 aliphatic carbocycles. The Morgan fingerprint density at radius 3 is 1.57 bits per heavy atom. The minimum Gasteiger partial charge on any atom is -0.397 e. The Labute approximate surface area is 168 Å². The van der Waals surface area contributed by atoms with E-state index in [4.69, 9.17) is 10.6 Å². The number of aliphatic hydroxyl groups excluding tert-OH is 1. The summed E-state index contributed by atoms with van der Waals surface area (Å²) >= 11 is 0. The summed E-state index contributed by atoms with van der Waals surface area (Å²) in [5.41, 5.74) is 8.57. The van der Waals surface area contributed by atoms with E-state index in [0.717, 1.165) is 6.29 Å². The van der Waals surface area contributed by atoms with Gasteiger partial charge in [-0.3, -0.25) is 14.5 Å². The van der Waals surface area contributed by atoms with Crippen LogP contribution in [0.1, 0.15) is 75.1 Å². The van der Waals surface area contributed by atoms with E-state index < -0.39 is 0 Å². The second-order valence-corrected chi connectivity index (χ2v) is 5.05. The van der Waals surface area contributed by atoms with Crippen LogP contribution < -0.4 is 0 Å². The molecule has 0 radical (unpaired) electrons. The number of fused-ring (bicyclic) bond motifs is 1. The summed E-state index contributed by atoms with van der Waals surface area (Å²) in [6.45, 7) is 12.6. The number of aldehydes is 1. The van der Waals surface area contributed by atoms with Gasteiger partial charge in [-0.25, -0.2) is 0 Å². The first-order valence-electron chi connectivity index (χ1n) is 9.42. The summed E-state index contributed by atoms with van der Waals surface area (Å²) in [6.07, 6.45) is 2.76. The zero-order valence-electron chi connectivity index (χ0n) is 17.9. The van der Waals surface area contributed by atoms with Crippen LogP contribution in [0.15, 0.2) is 29.4 Å². The van der Waals surface area contributed by atoms with Crippen LogP contribution in [-0.4, -0.2) is 47.8 Å². The molecule has 0 bridgehead atoms. The highest BCUT2D eigenvalue weighted by atomic mass is 16.2. The molecule has 0 aromatic heterocycles. The highest BCUT2D eigenvalue weighted by Crippen LogP contribution is 2.21. The summed E-state index contributed by atoms with van der Waals surface area (Å²) in [7, 11) is 0. The third kappa shape index (κ3) is 13.5. The number of rotatable bonds is 3. The molecule has 0 unspecified atom stereocenters. The molecule has 0 spiro atoms. The minimum absolute atomic E-state index is 0.178. The van der Waals surface area contributed by atoms with E-state index in [1.165, 1.54) is 11.3 Å². The molecule has 8 heteroatoms. The second-order valence-electron chi connectivity index (χ2n) is 5.05. The van der Waals surface area contributed by atoms with Crippen molar-refractivity contribution in [1.29, 1.82) is 0 Å². The van der Waals surface area contributed by atoms with E-state index in [2.05, 4.69) is 23.9 Å². The standard InChI is InChI=1S/C10H9NO2.C3H6O.C3H8.C2H5N3.C2H6O/c1-2-11-9(12)7-5-3-4-6-8(7)10(11)13;1-2-3-4;1-3-2;1-2-4-5-3;1-2-3/h3-6H,2H2,1H3;3H,2H2,1H3;3H2,1-2H3;2H2,1H3;3H,2H2,1H3. The van der Waals surface area contributed by atoms with E-state index >= 15 is 0 Å². The summed E-state index contributed by atoms with van der Waals surface area (Å²) in [5.74, 6) is -0.355. The number of carbonyl (C=O) groups excluding carboxylic acids is 3. The Balaban J connectivity index is -0.000000348. The number of hydrogen-bond donors (Lipinski definition) is 1. The quantitative estimate of drug-likeness (QED) is 0.264. The highest BCUT2D eigenvalue weighted by molar-refractivity contribution is 6.21. The van der Waals surface area contributed by atoms with Crippen molar-refractivity contribution >= 4 is 18.1 Å². The number of azide groups is 1. The van der Waals surface area contributed by atoms with Crippen molar-refractivity contribution in [3.8, 4) is 0 Å². The highest BCUT2D eigenvalue weighted by Gasteiger charge is 2.33. The molecule has 1 N–H and O–H groups in total. The van der Waals surface area contributed by atoms with Gasteiger partial charge in [-0.2, -0.15) is 0 Å². The molecule has 0 fully saturated rings. The minimum atomic E-state index is -0.178. The average Bonchev–Trinajstić information content (AvgIpc) is 2.95. The van der Waals surface area contributed by atoms with Gasteiger partial charge in [-0.05, 0) is 31.5 Å². The van der Waals surface area contributed by atoms with Crippen molar-refractivity contribution in [2.45, 2.75) is 54.4 Å². The Hall–Kier alpha value is -2.70. The molecular formula is C20H34N4O4. The van der Waals surface area contributed by atoms with Crippen molar-refractivity contribution in [1.82, 2.24) is 4.90 Å². The summed E-state index contributed by atoms with van der Waals surface area (Å²) in [6, 6.07) is 6.91. The molecule has 28 heavy (non-hydrogen) atoms. The Bertz CT molecular complexity index is 563. The van der Waals surface area contributed by atoms with Crippen molar-refractivity contribution in [3.05, 3.63) is 45.8 Å². The number of hydrogen-bond acceptors (Lipinski definition) is 5. The monoisotopic (exact) mass is 394 g/mol. The van der Waals surface area contributed by atoms with Gasteiger partial charge in [0.2, 0.25) is 0 Å². The van der Waals surface area contributed by atoms with Gasteiger partial charge in [0.25, 0.3) is 11.8 Å². The maximum absolute atomic E-state index is 11.5. The van der Waals surface area contributed by atoms with Gasteiger partial charge in [-0.15, -0.1) is 0 Å². The average molecular weight is 395 g/mol. The van der Waals surface area contributed by atoms with E-state index in [0.29, 0.717) is 30.6 Å². The predicted octanol–water partition coefficient (Wildman–Crippen LogP) is 4.63. The molecule has 2 rings (SSSR count). The van der Waals surface area contributed by atoms with Gasteiger partial charge in [0, 0.05) is 31.0 Å². The van der Waals surface area contributed by atoms with Crippen molar-refractivity contribution in [2.75, 3.05) is 19.7 Å². The molecule has 158 valence electrons. The Kier molecular flexibility index (Phi) is 24.0. The van der Waals surface area contributed by atoms with E-state index in [9.17, 15) is 14.4 Å². The second kappa shape index (κ2) is 22.3. The van der Waals surface area contributed by atoms with Crippen LogP contribution in [-0.2, 0) is 4.79 Å². The first kappa shape index (κ1) is 30.0. The zero-order valence-corrected chi connectivity index (χ0v) is 17.9. The topological polar surface area (TPSA) is 123 Å². The lowest BCUT2D eigenvalue weighted by molar-refractivity contribution is -0.107. The number of nitrogens with zero attached hydrogens (tertiary/aromatic N) is 4. The first-order valence-corrected chi connectivity index (χ1v) is 9.42. The van der Waals surface area contributed by atoms with Crippen molar-refractivity contribution in [3.63, 3.8) is 0 Å². The number of benzene rings is 1. The van der Waals surface area contributed by atoms with Gasteiger partial charge in [-0.1, -0.05) is 51.4 Å². The fourth-order valence-corrected chi connectivity index (χ4v) is 1.59. The van der Waals surface area contributed by atoms with Crippen LogP contribution in [0.4, 0.5) is 0 Å². The zero-order chi connectivity index (χ0) is 22.4. The molecule has 1 aromatic carbocycles. The largest absolute Gasteiger partial charge is 0.397 e. The molecule has 1 aromatic rings. The van der Waals surface area contributed by atoms with Crippen LogP contribution >= 0.6 is 0 Å².